The summed E-state index contributed by atoms with van der Waals surface area (Å²) in [4.78, 5) is 28.8. The topological polar surface area (TPSA) is 106 Å². The molecule has 0 fully saturated rings. The van der Waals surface area contributed by atoms with E-state index in [1.54, 1.807) is 0 Å². The number of pyridine rings is 1. The summed E-state index contributed by atoms with van der Waals surface area (Å²) in [6.45, 7) is 0.0836. The Morgan fingerprint density at radius 1 is 1.37 bits per heavy atom. The van der Waals surface area contributed by atoms with Crippen molar-refractivity contribution in [2.45, 2.75) is 26.2 Å². The van der Waals surface area contributed by atoms with Gasteiger partial charge in [-0.1, -0.05) is 0 Å². The molecule has 1 N–H and O–H groups in total. The third-order valence-corrected chi connectivity index (χ3v) is 3.84. The van der Waals surface area contributed by atoms with E-state index in [2.05, 4.69) is 19.9 Å². The Morgan fingerprint density at radius 2 is 2.11 bits per heavy atom. The van der Waals surface area contributed by atoms with Crippen LogP contribution in [-0.2, 0) is 13.1 Å². The molecule has 1 aliphatic heterocycles. The molecule has 142 valence electrons. The van der Waals surface area contributed by atoms with Gasteiger partial charge in [0.15, 0.2) is 12.3 Å². The zero-order chi connectivity index (χ0) is 19.8. The number of carboxylic acid groups (broad SMARTS) is 1. The van der Waals surface area contributed by atoms with Crippen molar-refractivity contribution in [3.05, 3.63) is 46.4 Å². The van der Waals surface area contributed by atoms with E-state index >= 15 is 0 Å². The summed E-state index contributed by atoms with van der Waals surface area (Å²) in [5.74, 6) is -1.86. The van der Waals surface area contributed by atoms with Gasteiger partial charge in [0.1, 0.15) is 0 Å². The number of hydrogen-bond acceptors (Lipinski definition) is 6. The molecule has 0 spiro atoms. The number of carbonyl (C=O) groups is 2. The summed E-state index contributed by atoms with van der Waals surface area (Å²) < 4.78 is 41.3. The Morgan fingerprint density at radius 3 is 2.74 bits per heavy atom. The SMILES string of the molecule is Cc1cc(CN2Cc3c(ccnc3C(=O)O)C2=O)nnc1OCC(F)(F)F. The minimum atomic E-state index is -4.49. The minimum absolute atomic E-state index is 0.0139. The van der Waals surface area contributed by atoms with Crippen LogP contribution in [0.1, 0.15) is 37.7 Å². The van der Waals surface area contributed by atoms with Crippen molar-refractivity contribution < 1.29 is 32.6 Å². The molecule has 0 unspecified atom stereocenters. The van der Waals surface area contributed by atoms with Gasteiger partial charge in [0, 0.05) is 29.4 Å². The van der Waals surface area contributed by atoms with Crippen molar-refractivity contribution in [2.24, 2.45) is 0 Å². The number of aromatic nitrogens is 3. The van der Waals surface area contributed by atoms with Gasteiger partial charge in [-0.05, 0) is 19.1 Å². The summed E-state index contributed by atoms with van der Waals surface area (Å²) >= 11 is 0. The van der Waals surface area contributed by atoms with Gasteiger partial charge in [0.2, 0.25) is 5.88 Å². The molecule has 0 bridgehead atoms. The Balaban J connectivity index is 1.75. The lowest BCUT2D eigenvalue weighted by atomic mass is 10.1. The van der Waals surface area contributed by atoms with E-state index in [-0.39, 0.29) is 36.1 Å². The van der Waals surface area contributed by atoms with Crippen molar-refractivity contribution in [2.75, 3.05) is 6.61 Å². The standard InChI is InChI=1S/C16H13F3N4O4/c1-8-4-9(21-22-13(8)27-7-16(17,18)19)5-23-6-11-10(14(23)24)2-3-20-12(11)15(25)26/h2-4H,5-7H2,1H3,(H,25,26). The van der Waals surface area contributed by atoms with E-state index in [9.17, 15) is 27.9 Å². The molecule has 0 saturated carbocycles. The van der Waals surface area contributed by atoms with Crippen LogP contribution in [0.2, 0.25) is 0 Å². The first kappa shape index (κ1) is 18.5. The largest absolute Gasteiger partial charge is 0.477 e. The normalized spacial score (nSPS) is 13.6. The smallest absolute Gasteiger partial charge is 0.422 e. The number of ether oxygens (including phenoxy) is 1. The second kappa shape index (κ2) is 6.82. The number of aromatic carboxylic acids is 1. The molecule has 0 aliphatic carbocycles. The number of nitrogens with zero attached hydrogens (tertiary/aromatic N) is 4. The fourth-order valence-electron chi connectivity index (χ4n) is 2.69. The summed E-state index contributed by atoms with van der Waals surface area (Å²) in [6, 6.07) is 2.90. The zero-order valence-corrected chi connectivity index (χ0v) is 13.9. The molecule has 2 aromatic rings. The van der Waals surface area contributed by atoms with Gasteiger partial charge in [-0.25, -0.2) is 9.78 Å². The highest BCUT2D eigenvalue weighted by molar-refractivity contribution is 6.01. The van der Waals surface area contributed by atoms with Gasteiger partial charge in [0.05, 0.1) is 12.2 Å². The Labute approximate surface area is 150 Å². The molecule has 0 aromatic carbocycles. The maximum absolute atomic E-state index is 12.4. The molecule has 27 heavy (non-hydrogen) atoms. The first-order valence-electron chi connectivity index (χ1n) is 7.69. The number of hydrogen-bond donors (Lipinski definition) is 1. The lowest BCUT2D eigenvalue weighted by Crippen LogP contribution is -2.24. The number of aryl methyl sites for hydroxylation is 1. The molecule has 3 rings (SSSR count). The maximum atomic E-state index is 12.4. The van der Waals surface area contributed by atoms with Crippen molar-refractivity contribution >= 4 is 11.9 Å². The van der Waals surface area contributed by atoms with Crippen molar-refractivity contribution in [1.82, 2.24) is 20.1 Å². The molecule has 1 amide bonds. The molecule has 3 heterocycles. The number of rotatable bonds is 5. The first-order valence-corrected chi connectivity index (χ1v) is 7.69. The van der Waals surface area contributed by atoms with Gasteiger partial charge >= 0.3 is 12.1 Å². The van der Waals surface area contributed by atoms with E-state index in [1.165, 1.54) is 30.2 Å². The summed E-state index contributed by atoms with van der Waals surface area (Å²) in [7, 11) is 0. The first-order chi connectivity index (χ1) is 12.7. The van der Waals surface area contributed by atoms with E-state index < -0.39 is 18.8 Å². The van der Waals surface area contributed by atoms with Gasteiger partial charge in [-0.2, -0.15) is 13.2 Å². The minimum Gasteiger partial charge on any atom is -0.477 e. The van der Waals surface area contributed by atoms with E-state index in [1.807, 2.05) is 0 Å². The van der Waals surface area contributed by atoms with Crippen LogP contribution in [0.3, 0.4) is 0 Å². The average Bonchev–Trinajstić information content (AvgIpc) is 2.89. The fourth-order valence-corrected chi connectivity index (χ4v) is 2.69. The van der Waals surface area contributed by atoms with E-state index in [0.29, 0.717) is 16.8 Å². The predicted molar refractivity (Wildman–Crippen MR) is 83.1 cm³/mol. The number of alkyl halides is 3. The van der Waals surface area contributed by atoms with Crippen LogP contribution in [0, 0.1) is 6.92 Å². The molecule has 11 heteroatoms. The second-order valence-corrected chi connectivity index (χ2v) is 5.88. The molecule has 2 aromatic heterocycles. The van der Waals surface area contributed by atoms with Crippen LogP contribution >= 0.6 is 0 Å². The number of amides is 1. The van der Waals surface area contributed by atoms with E-state index in [0.717, 1.165) is 0 Å². The third kappa shape index (κ3) is 3.96. The highest BCUT2D eigenvalue weighted by Gasteiger charge is 2.32. The molecule has 1 aliphatic rings. The number of carboxylic acids is 1. The Hall–Kier alpha value is -3.24. The van der Waals surface area contributed by atoms with Gasteiger partial charge in [0.25, 0.3) is 5.91 Å². The molecule has 8 nitrogen and oxygen atoms in total. The number of fused-ring (bicyclic) bond motifs is 1. The van der Waals surface area contributed by atoms with E-state index in [4.69, 9.17) is 0 Å². The van der Waals surface area contributed by atoms with Gasteiger partial charge in [-0.15, -0.1) is 10.2 Å². The van der Waals surface area contributed by atoms with Crippen LogP contribution in [0.4, 0.5) is 13.2 Å². The predicted octanol–water partition coefficient (Wildman–Crippen LogP) is 1.98. The van der Waals surface area contributed by atoms with Crippen molar-refractivity contribution in [1.29, 1.82) is 0 Å². The van der Waals surface area contributed by atoms with Crippen molar-refractivity contribution in [3.8, 4) is 5.88 Å². The highest BCUT2D eigenvalue weighted by atomic mass is 19.4. The quantitative estimate of drug-likeness (QED) is 0.843. The molecular weight excluding hydrogens is 369 g/mol. The summed E-state index contributed by atoms with van der Waals surface area (Å²) in [6.07, 6.45) is -3.24. The zero-order valence-electron chi connectivity index (χ0n) is 13.9. The van der Waals surface area contributed by atoms with Gasteiger partial charge in [-0.3, -0.25) is 4.79 Å². The lowest BCUT2D eigenvalue weighted by molar-refractivity contribution is -0.154. The lowest BCUT2D eigenvalue weighted by Gasteiger charge is -2.16. The highest BCUT2D eigenvalue weighted by Crippen LogP contribution is 2.27. The maximum Gasteiger partial charge on any atom is 0.422 e. The number of halogens is 3. The van der Waals surface area contributed by atoms with Gasteiger partial charge < -0.3 is 14.7 Å². The molecule has 0 radical (unpaired) electrons. The summed E-state index contributed by atoms with van der Waals surface area (Å²) in [5, 5.41) is 16.6. The van der Waals surface area contributed by atoms with Crippen LogP contribution < -0.4 is 4.74 Å². The van der Waals surface area contributed by atoms with Crippen LogP contribution in [0.15, 0.2) is 18.3 Å². The summed E-state index contributed by atoms with van der Waals surface area (Å²) in [5.41, 5.74) is 1.03. The monoisotopic (exact) mass is 382 g/mol. The Bertz CT molecular complexity index is 917. The van der Waals surface area contributed by atoms with Crippen LogP contribution in [0.25, 0.3) is 0 Å². The fraction of sp³-hybridized carbons (Fsp3) is 0.312. The molecule has 0 saturated heterocycles. The van der Waals surface area contributed by atoms with Crippen LogP contribution in [-0.4, -0.2) is 49.8 Å². The second-order valence-electron chi connectivity index (χ2n) is 5.88. The molecule has 0 atom stereocenters. The van der Waals surface area contributed by atoms with Crippen molar-refractivity contribution in [3.63, 3.8) is 0 Å². The molecular formula is C16H13F3N4O4. The Kier molecular flexibility index (Phi) is 4.68. The van der Waals surface area contributed by atoms with Crippen LogP contribution in [0.5, 0.6) is 5.88 Å². The number of carbonyl (C=O) groups excluding carboxylic acids is 1. The third-order valence-electron chi connectivity index (χ3n) is 3.84. The average molecular weight is 382 g/mol.